The SMILES string of the molecule is CNC(=O)CCC(C=O)N(C)Cc1c(C=O)cccc1NCc1cc(CN2CCOCC2)ccc1F. The van der Waals surface area contributed by atoms with Crippen molar-refractivity contribution in [1.29, 1.82) is 0 Å². The fraction of sp³-hybridized carbons (Fsp3) is 0.444. The Hall–Kier alpha value is -3.14. The molecule has 0 spiro atoms. The summed E-state index contributed by atoms with van der Waals surface area (Å²) in [6.45, 7) is 4.41. The van der Waals surface area contributed by atoms with Crippen molar-refractivity contribution in [3.8, 4) is 0 Å². The van der Waals surface area contributed by atoms with Crippen LogP contribution in [-0.4, -0.2) is 74.7 Å². The number of aldehydes is 2. The molecule has 1 aliphatic rings. The highest BCUT2D eigenvalue weighted by molar-refractivity contribution is 5.81. The molecule has 1 atom stereocenters. The van der Waals surface area contributed by atoms with Gasteiger partial charge in [0.25, 0.3) is 0 Å². The molecule has 194 valence electrons. The standard InChI is InChI=1S/C27H35FN4O4/c1-29-27(35)9-7-23(19-34)31(2)17-24-21(18-33)4-3-5-26(24)30-15-22-14-20(6-8-25(22)28)16-32-10-12-36-13-11-32/h3-6,8,14,18-19,23,30H,7,9-13,15-17H2,1-2H3,(H,29,35). The zero-order chi connectivity index (χ0) is 25.9. The first-order chi connectivity index (χ1) is 17.4. The van der Waals surface area contributed by atoms with Gasteiger partial charge in [0, 0.05) is 63.0 Å². The van der Waals surface area contributed by atoms with Crippen LogP contribution in [-0.2, 0) is 34.0 Å². The van der Waals surface area contributed by atoms with Crippen LogP contribution in [0.3, 0.4) is 0 Å². The predicted octanol–water partition coefficient (Wildman–Crippen LogP) is 2.61. The lowest BCUT2D eigenvalue weighted by Crippen LogP contribution is -2.35. The Bertz CT molecular complexity index is 1040. The number of hydrogen-bond acceptors (Lipinski definition) is 7. The summed E-state index contributed by atoms with van der Waals surface area (Å²) in [5, 5.41) is 5.84. The van der Waals surface area contributed by atoms with Crippen LogP contribution >= 0.6 is 0 Å². The molecule has 2 N–H and O–H groups in total. The second-order valence-corrected chi connectivity index (χ2v) is 8.99. The molecule has 36 heavy (non-hydrogen) atoms. The molecule has 0 bridgehead atoms. The number of ether oxygens (including phenoxy) is 1. The van der Waals surface area contributed by atoms with Gasteiger partial charge in [-0.25, -0.2) is 4.39 Å². The van der Waals surface area contributed by atoms with E-state index >= 15 is 0 Å². The minimum Gasteiger partial charge on any atom is -0.381 e. The van der Waals surface area contributed by atoms with Gasteiger partial charge in [0.15, 0.2) is 0 Å². The third-order valence-corrected chi connectivity index (χ3v) is 6.51. The molecule has 0 saturated carbocycles. The Labute approximate surface area is 211 Å². The number of amides is 1. The Balaban J connectivity index is 1.72. The quantitative estimate of drug-likeness (QED) is 0.410. The number of halogens is 1. The van der Waals surface area contributed by atoms with Crippen LogP contribution in [0.15, 0.2) is 36.4 Å². The van der Waals surface area contributed by atoms with Gasteiger partial charge < -0.3 is 20.2 Å². The number of nitrogens with zero attached hydrogens (tertiary/aromatic N) is 2. The van der Waals surface area contributed by atoms with Crippen molar-refractivity contribution >= 4 is 24.2 Å². The molecule has 8 nitrogen and oxygen atoms in total. The topological polar surface area (TPSA) is 91.0 Å². The van der Waals surface area contributed by atoms with Crippen molar-refractivity contribution in [1.82, 2.24) is 15.1 Å². The number of likely N-dealkylation sites (N-methyl/N-ethyl adjacent to an activating group) is 1. The van der Waals surface area contributed by atoms with Crippen LogP contribution in [0.2, 0.25) is 0 Å². The summed E-state index contributed by atoms with van der Waals surface area (Å²) < 4.78 is 20.0. The van der Waals surface area contributed by atoms with E-state index in [0.717, 1.165) is 37.8 Å². The largest absolute Gasteiger partial charge is 0.381 e. The second kappa shape index (κ2) is 13.8. The number of carbonyl (C=O) groups is 3. The number of benzene rings is 2. The van der Waals surface area contributed by atoms with E-state index < -0.39 is 6.04 Å². The molecule has 1 heterocycles. The number of hydrogen-bond donors (Lipinski definition) is 2. The lowest BCUT2D eigenvalue weighted by molar-refractivity contribution is -0.121. The third-order valence-electron chi connectivity index (χ3n) is 6.51. The van der Waals surface area contributed by atoms with Crippen LogP contribution in [0.4, 0.5) is 10.1 Å². The fourth-order valence-electron chi connectivity index (χ4n) is 4.29. The van der Waals surface area contributed by atoms with Crippen LogP contribution < -0.4 is 10.6 Å². The molecule has 1 aliphatic heterocycles. The van der Waals surface area contributed by atoms with Crippen molar-refractivity contribution in [2.75, 3.05) is 45.7 Å². The van der Waals surface area contributed by atoms with Crippen molar-refractivity contribution in [3.63, 3.8) is 0 Å². The summed E-state index contributed by atoms with van der Waals surface area (Å²) in [5.74, 6) is -0.433. The lowest BCUT2D eigenvalue weighted by atomic mass is 10.0. The molecule has 0 radical (unpaired) electrons. The van der Waals surface area contributed by atoms with Gasteiger partial charge in [0.2, 0.25) is 5.91 Å². The molecule has 1 amide bonds. The normalized spacial score (nSPS) is 14.9. The maximum atomic E-state index is 14.6. The van der Waals surface area contributed by atoms with E-state index in [4.69, 9.17) is 4.74 Å². The number of anilines is 1. The van der Waals surface area contributed by atoms with Crippen LogP contribution in [0, 0.1) is 5.82 Å². The van der Waals surface area contributed by atoms with E-state index in [1.165, 1.54) is 6.07 Å². The van der Waals surface area contributed by atoms with Gasteiger partial charge >= 0.3 is 0 Å². The minimum absolute atomic E-state index is 0.135. The van der Waals surface area contributed by atoms with Gasteiger partial charge in [-0.05, 0) is 42.8 Å². The van der Waals surface area contributed by atoms with Gasteiger partial charge in [-0.1, -0.05) is 18.2 Å². The number of carbonyl (C=O) groups excluding carboxylic acids is 3. The maximum Gasteiger partial charge on any atom is 0.219 e. The smallest absolute Gasteiger partial charge is 0.219 e. The summed E-state index contributed by atoms with van der Waals surface area (Å²) in [5.41, 5.74) is 3.46. The van der Waals surface area contributed by atoms with E-state index in [-0.39, 0.29) is 24.7 Å². The highest BCUT2D eigenvalue weighted by Crippen LogP contribution is 2.24. The van der Waals surface area contributed by atoms with E-state index in [0.29, 0.717) is 48.6 Å². The van der Waals surface area contributed by atoms with Gasteiger partial charge in [0.1, 0.15) is 18.4 Å². The fourth-order valence-corrected chi connectivity index (χ4v) is 4.29. The predicted molar refractivity (Wildman–Crippen MR) is 136 cm³/mol. The molecule has 0 aromatic heterocycles. The molecular formula is C27H35FN4O4. The number of rotatable bonds is 13. The zero-order valence-electron chi connectivity index (χ0n) is 21.0. The van der Waals surface area contributed by atoms with Gasteiger partial charge in [-0.2, -0.15) is 0 Å². The molecule has 1 fully saturated rings. The highest BCUT2D eigenvalue weighted by Gasteiger charge is 2.19. The molecule has 2 aromatic carbocycles. The van der Waals surface area contributed by atoms with E-state index in [1.54, 1.807) is 32.3 Å². The Morgan fingerprint density at radius 3 is 2.69 bits per heavy atom. The average molecular weight is 499 g/mol. The van der Waals surface area contributed by atoms with Crippen LogP contribution in [0.25, 0.3) is 0 Å². The van der Waals surface area contributed by atoms with Crippen LogP contribution in [0.5, 0.6) is 0 Å². The summed E-state index contributed by atoms with van der Waals surface area (Å²) in [7, 11) is 3.34. The minimum atomic E-state index is -0.482. The van der Waals surface area contributed by atoms with Crippen molar-refractivity contribution in [2.45, 2.75) is 38.5 Å². The molecule has 2 aromatic rings. The summed E-state index contributed by atoms with van der Waals surface area (Å²) in [4.78, 5) is 39.2. The van der Waals surface area contributed by atoms with E-state index in [2.05, 4.69) is 15.5 Å². The average Bonchev–Trinajstić information content (AvgIpc) is 2.90. The van der Waals surface area contributed by atoms with E-state index in [1.807, 2.05) is 17.0 Å². The molecule has 3 rings (SSSR count). The van der Waals surface area contributed by atoms with Gasteiger partial charge in [-0.3, -0.25) is 19.4 Å². The van der Waals surface area contributed by atoms with Crippen molar-refractivity contribution < 1.29 is 23.5 Å². The molecular weight excluding hydrogens is 463 g/mol. The van der Waals surface area contributed by atoms with Crippen molar-refractivity contribution in [2.24, 2.45) is 0 Å². The Morgan fingerprint density at radius 1 is 1.22 bits per heavy atom. The first kappa shape index (κ1) is 27.4. The number of morpholine rings is 1. The van der Waals surface area contributed by atoms with Crippen LogP contribution in [0.1, 0.15) is 39.9 Å². The first-order valence-corrected chi connectivity index (χ1v) is 12.2. The maximum absolute atomic E-state index is 14.6. The Morgan fingerprint density at radius 2 is 2.00 bits per heavy atom. The molecule has 9 heteroatoms. The molecule has 0 aliphatic carbocycles. The zero-order valence-corrected chi connectivity index (χ0v) is 21.0. The lowest BCUT2D eigenvalue weighted by Gasteiger charge is -2.27. The summed E-state index contributed by atoms with van der Waals surface area (Å²) in [6, 6.07) is 10.0. The highest BCUT2D eigenvalue weighted by atomic mass is 19.1. The Kier molecular flexibility index (Phi) is 10.5. The summed E-state index contributed by atoms with van der Waals surface area (Å²) in [6.07, 6.45) is 2.19. The first-order valence-electron chi connectivity index (χ1n) is 12.2. The molecule has 1 saturated heterocycles. The van der Waals surface area contributed by atoms with E-state index in [9.17, 15) is 18.8 Å². The van der Waals surface area contributed by atoms with Gasteiger partial charge in [-0.15, -0.1) is 0 Å². The summed E-state index contributed by atoms with van der Waals surface area (Å²) >= 11 is 0. The molecule has 1 unspecified atom stereocenters. The monoisotopic (exact) mass is 498 g/mol. The third kappa shape index (κ3) is 7.68. The number of nitrogens with one attached hydrogen (secondary N) is 2. The van der Waals surface area contributed by atoms with Gasteiger partial charge in [0.05, 0.1) is 19.3 Å². The van der Waals surface area contributed by atoms with Crippen molar-refractivity contribution in [3.05, 3.63) is 64.5 Å². The second-order valence-electron chi connectivity index (χ2n) is 8.99.